The molecule has 2 aromatic rings. The van der Waals surface area contributed by atoms with E-state index < -0.39 is 4.92 Å². The minimum atomic E-state index is -0.398. The largest absolute Gasteiger partial charge is 0.314 e. The number of non-ortho nitro benzene ring substituents is 1. The Morgan fingerprint density at radius 3 is 2.76 bits per heavy atom. The first-order chi connectivity index (χ1) is 10.2. The maximum absolute atomic E-state index is 10.6. The number of aryl methyl sites for hydroxylation is 1. The van der Waals surface area contributed by atoms with Crippen molar-refractivity contribution in [1.29, 1.82) is 0 Å². The zero-order valence-corrected chi connectivity index (χ0v) is 11.7. The van der Waals surface area contributed by atoms with Gasteiger partial charge in [0, 0.05) is 24.4 Å². The predicted molar refractivity (Wildman–Crippen MR) is 79.6 cm³/mol. The second-order valence-electron chi connectivity index (χ2n) is 5.40. The molecule has 0 spiro atoms. The lowest BCUT2D eigenvalue weighted by molar-refractivity contribution is -0.384. The van der Waals surface area contributed by atoms with E-state index in [0.717, 1.165) is 31.1 Å². The molecule has 1 aliphatic rings. The molecular weight excluding hydrogens is 268 g/mol. The molecular formula is C15H18N4O2. The molecule has 1 N–H and O–H groups in total. The Labute approximate surface area is 122 Å². The monoisotopic (exact) mass is 286 g/mol. The highest BCUT2D eigenvalue weighted by atomic mass is 16.6. The highest BCUT2D eigenvalue weighted by Crippen LogP contribution is 2.18. The quantitative estimate of drug-likeness (QED) is 0.482. The smallest absolute Gasteiger partial charge is 0.269 e. The summed E-state index contributed by atoms with van der Waals surface area (Å²) < 4.78 is 1.76. The van der Waals surface area contributed by atoms with Gasteiger partial charge in [-0.2, -0.15) is 5.10 Å². The van der Waals surface area contributed by atoms with Gasteiger partial charge in [-0.25, -0.2) is 4.68 Å². The Hall–Kier alpha value is -2.21. The van der Waals surface area contributed by atoms with Crippen LogP contribution < -0.4 is 5.32 Å². The van der Waals surface area contributed by atoms with Crippen molar-refractivity contribution in [2.24, 2.45) is 0 Å². The fourth-order valence-electron chi connectivity index (χ4n) is 2.24. The van der Waals surface area contributed by atoms with Crippen molar-refractivity contribution in [3.05, 3.63) is 52.3 Å². The maximum Gasteiger partial charge on any atom is 0.269 e. The highest BCUT2D eigenvalue weighted by Gasteiger charge is 2.19. The van der Waals surface area contributed by atoms with Crippen LogP contribution in [0.15, 0.2) is 36.7 Å². The minimum absolute atomic E-state index is 0.0947. The summed E-state index contributed by atoms with van der Waals surface area (Å²) in [6.45, 7) is 1.05. The van der Waals surface area contributed by atoms with Crippen LogP contribution in [0, 0.1) is 10.1 Å². The molecule has 0 radical (unpaired) electrons. The molecule has 21 heavy (non-hydrogen) atoms. The molecule has 0 saturated heterocycles. The summed E-state index contributed by atoms with van der Waals surface area (Å²) >= 11 is 0. The van der Waals surface area contributed by atoms with E-state index in [-0.39, 0.29) is 5.69 Å². The van der Waals surface area contributed by atoms with Gasteiger partial charge in [0.15, 0.2) is 0 Å². The molecule has 0 unspecified atom stereocenters. The fraction of sp³-hybridized carbons (Fsp3) is 0.400. The molecule has 1 aromatic heterocycles. The summed E-state index contributed by atoms with van der Waals surface area (Å²) in [6, 6.07) is 7.17. The van der Waals surface area contributed by atoms with Crippen LogP contribution in [0.3, 0.4) is 0 Å². The lowest BCUT2D eigenvalue weighted by Crippen LogP contribution is -2.17. The van der Waals surface area contributed by atoms with Gasteiger partial charge in [0.1, 0.15) is 0 Å². The first-order valence-corrected chi connectivity index (χ1v) is 7.24. The zero-order chi connectivity index (χ0) is 14.7. The SMILES string of the molecule is O=[N+]([O-])c1ccc(-n2cc(CCCNC3CC3)cn2)cc1. The number of nitrogens with one attached hydrogen (secondary N) is 1. The molecule has 0 atom stereocenters. The van der Waals surface area contributed by atoms with Gasteiger partial charge in [0.05, 0.1) is 16.8 Å². The molecule has 0 aliphatic heterocycles. The van der Waals surface area contributed by atoms with E-state index in [1.807, 2.05) is 12.4 Å². The topological polar surface area (TPSA) is 73.0 Å². The molecule has 6 nitrogen and oxygen atoms in total. The second-order valence-corrected chi connectivity index (χ2v) is 5.40. The number of hydrogen-bond acceptors (Lipinski definition) is 4. The molecule has 0 bridgehead atoms. The standard InChI is InChI=1S/C15H18N4O2/c20-19(21)15-7-5-14(6-8-15)18-11-12(10-17-18)2-1-9-16-13-3-4-13/h5-8,10-11,13,16H,1-4,9H2. The zero-order valence-electron chi connectivity index (χ0n) is 11.7. The Morgan fingerprint density at radius 2 is 2.10 bits per heavy atom. The average molecular weight is 286 g/mol. The van der Waals surface area contributed by atoms with Crippen molar-refractivity contribution in [2.45, 2.75) is 31.7 Å². The molecule has 3 rings (SSSR count). The van der Waals surface area contributed by atoms with Crippen LogP contribution in [0.25, 0.3) is 5.69 Å². The van der Waals surface area contributed by atoms with Crippen LogP contribution in [-0.2, 0) is 6.42 Å². The van der Waals surface area contributed by atoms with Gasteiger partial charge >= 0.3 is 0 Å². The van der Waals surface area contributed by atoms with Crippen molar-refractivity contribution >= 4 is 5.69 Å². The summed E-state index contributed by atoms with van der Waals surface area (Å²) in [4.78, 5) is 10.2. The van der Waals surface area contributed by atoms with Gasteiger partial charge in [0.2, 0.25) is 0 Å². The van der Waals surface area contributed by atoms with Gasteiger partial charge in [-0.3, -0.25) is 10.1 Å². The lowest BCUT2D eigenvalue weighted by atomic mass is 10.2. The number of aromatic nitrogens is 2. The van der Waals surface area contributed by atoms with Crippen LogP contribution in [0.2, 0.25) is 0 Å². The van der Waals surface area contributed by atoms with Gasteiger partial charge in [-0.15, -0.1) is 0 Å². The number of rotatable bonds is 7. The summed E-state index contributed by atoms with van der Waals surface area (Å²) in [7, 11) is 0. The van der Waals surface area contributed by atoms with Crippen molar-refractivity contribution in [1.82, 2.24) is 15.1 Å². The third-order valence-electron chi connectivity index (χ3n) is 3.61. The van der Waals surface area contributed by atoms with Crippen LogP contribution in [0.5, 0.6) is 0 Å². The van der Waals surface area contributed by atoms with Crippen LogP contribution in [-0.4, -0.2) is 27.3 Å². The Kier molecular flexibility index (Phi) is 3.96. The van der Waals surface area contributed by atoms with Gasteiger partial charge < -0.3 is 5.32 Å². The van der Waals surface area contributed by atoms with E-state index in [2.05, 4.69) is 10.4 Å². The minimum Gasteiger partial charge on any atom is -0.314 e. The van der Waals surface area contributed by atoms with Crippen molar-refractivity contribution < 1.29 is 4.92 Å². The Balaban J connectivity index is 1.56. The summed E-state index contributed by atoms with van der Waals surface area (Å²) in [6.07, 6.45) is 8.57. The van der Waals surface area contributed by atoms with E-state index in [4.69, 9.17) is 0 Å². The number of hydrogen-bond donors (Lipinski definition) is 1. The molecule has 1 heterocycles. The van der Waals surface area contributed by atoms with Crippen molar-refractivity contribution in [3.8, 4) is 5.69 Å². The van der Waals surface area contributed by atoms with E-state index in [9.17, 15) is 10.1 Å². The molecule has 6 heteroatoms. The van der Waals surface area contributed by atoms with Crippen LogP contribution in [0.1, 0.15) is 24.8 Å². The average Bonchev–Trinajstić information content (AvgIpc) is 3.20. The Bertz CT molecular complexity index is 617. The highest BCUT2D eigenvalue weighted by molar-refractivity contribution is 5.40. The van der Waals surface area contributed by atoms with Gasteiger partial charge in [-0.1, -0.05) is 0 Å². The van der Waals surface area contributed by atoms with E-state index in [1.54, 1.807) is 16.8 Å². The van der Waals surface area contributed by atoms with Crippen molar-refractivity contribution in [3.63, 3.8) is 0 Å². The van der Waals surface area contributed by atoms with Gasteiger partial charge in [-0.05, 0) is 49.9 Å². The van der Waals surface area contributed by atoms with Crippen molar-refractivity contribution in [2.75, 3.05) is 6.54 Å². The van der Waals surface area contributed by atoms with Crippen LogP contribution in [0.4, 0.5) is 5.69 Å². The van der Waals surface area contributed by atoms with Crippen LogP contribution >= 0.6 is 0 Å². The molecule has 1 fully saturated rings. The summed E-state index contributed by atoms with van der Waals surface area (Å²) in [5.41, 5.74) is 2.12. The number of nitro benzene ring substituents is 1. The van der Waals surface area contributed by atoms with E-state index >= 15 is 0 Å². The summed E-state index contributed by atoms with van der Waals surface area (Å²) in [5, 5.41) is 18.4. The molecule has 0 amide bonds. The molecule has 1 aromatic carbocycles. The number of nitrogens with zero attached hydrogens (tertiary/aromatic N) is 3. The lowest BCUT2D eigenvalue weighted by Gasteiger charge is -2.01. The second kappa shape index (κ2) is 6.05. The molecule has 1 aliphatic carbocycles. The molecule has 110 valence electrons. The van der Waals surface area contributed by atoms with E-state index in [0.29, 0.717) is 0 Å². The van der Waals surface area contributed by atoms with Gasteiger partial charge in [0.25, 0.3) is 5.69 Å². The number of nitro groups is 1. The predicted octanol–water partition coefficient (Wildman–Crippen LogP) is 2.47. The van der Waals surface area contributed by atoms with E-state index in [1.165, 1.54) is 30.5 Å². The third-order valence-corrected chi connectivity index (χ3v) is 3.61. The summed E-state index contributed by atoms with van der Waals surface area (Å²) in [5.74, 6) is 0. The fourth-order valence-corrected chi connectivity index (χ4v) is 2.24. The Morgan fingerprint density at radius 1 is 1.33 bits per heavy atom. The number of benzene rings is 1. The normalized spacial score (nSPS) is 14.3. The maximum atomic E-state index is 10.6. The first kappa shape index (κ1) is 13.8. The molecule has 1 saturated carbocycles. The third kappa shape index (κ3) is 3.66. The first-order valence-electron chi connectivity index (χ1n) is 7.24.